The maximum atomic E-state index is 11.7. The smallest absolute Gasteiger partial charge is 0.227 e. The van der Waals surface area contributed by atoms with E-state index in [4.69, 9.17) is 0 Å². The Balaban J connectivity index is 1.75. The Labute approximate surface area is 132 Å². The number of hydrogen-bond donors (Lipinski definition) is 0. The second kappa shape index (κ2) is 6.40. The molecule has 3 rings (SSSR count). The van der Waals surface area contributed by atoms with E-state index in [0.717, 1.165) is 24.9 Å². The lowest BCUT2D eigenvalue weighted by Gasteiger charge is -2.26. The molecule has 0 N–H and O–H groups in total. The molecule has 0 amide bonds. The van der Waals surface area contributed by atoms with Crippen LogP contribution in [0.2, 0.25) is 0 Å². The van der Waals surface area contributed by atoms with Gasteiger partial charge in [-0.2, -0.15) is 4.98 Å². The predicted octanol–water partition coefficient (Wildman–Crippen LogP) is 1.48. The number of nitrogens with zero attached hydrogens (tertiary/aromatic N) is 4. The molecule has 1 atom stereocenters. The lowest BCUT2D eigenvalue weighted by molar-refractivity contribution is 0.600. The lowest BCUT2D eigenvalue weighted by Crippen LogP contribution is -2.34. The Kier molecular flexibility index (Phi) is 4.52. The van der Waals surface area contributed by atoms with Crippen LogP contribution in [0.4, 0.5) is 11.8 Å². The molecule has 2 fully saturated rings. The van der Waals surface area contributed by atoms with Gasteiger partial charge in [0, 0.05) is 32.4 Å². The van der Waals surface area contributed by atoms with Crippen LogP contribution in [0.3, 0.4) is 0 Å². The van der Waals surface area contributed by atoms with Crippen molar-refractivity contribution < 1.29 is 8.42 Å². The van der Waals surface area contributed by atoms with Crippen molar-refractivity contribution in [1.29, 1.82) is 0 Å². The van der Waals surface area contributed by atoms with Gasteiger partial charge in [-0.05, 0) is 25.3 Å². The van der Waals surface area contributed by atoms with Gasteiger partial charge in [-0.25, -0.2) is 13.4 Å². The van der Waals surface area contributed by atoms with Gasteiger partial charge in [0.05, 0.1) is 11.5 Å². The first kappa shape index (κ1) is 15.5. The Morgan fingerprint density at radius 1 is 1.23 bits per heavy atom. The minimum absolute atomic E-state index is 0.0249. The molecular formula is C15H24N4O2S. The van der Waals surface area contributed by atoms with Crippen LogP contribution >= 0.6 is 0 Å². The summed E-state index contributed by atoms with van der Waals surface area (Å²) in [4.78, 5) is 13.3. The van der Waals surface area contributed by atoms with Crippen molar-refractivity contribution in [3.8, 4) is 0 Å². The Morgan fingerprint density at radius 2 is 1.95 bits per heavy atom. The molecule has 0 saturated carbocycles. The molecule has 0 radical (unpaired) electrons. The molecule has 22 heavy (non-hydrogen) atoms. The van der Waals surface area contributed by atoms with E-state index in [0.29, 0.717) is 6.42 Å². The molecule has 1 aromatic rings. The van der Waals surface area contributed by atoms with E-state index in [1.807, 2.05) is 18.0 Å². The minimum Gasteiger partial charge on any atom is -0.355 e. The third kappa shape index (κ3) is 3.51. The Hall–Kier alpha value is -1.37. The zero-order valence-electron chi connectivity index (χ0n) is 13.1. The van der Waals surface area contributed by atoms with E-state index < -0.39 is 9.84 Å². The van der Waals surface area contributed by atoms with E-state index >= 15 is 0 Å². The standard InChI is InChI=1S/C15H24N4O2S/c1-18(13-7-11-22(20,21)12-13)14-6-8-16-15(17-14)19-9-4-2-3-5-10-19/h6,8,13H,2-5,7,9-12H2,1H3. The molecule has 0 aliphatic carbocycles. The van der Waals surface area contributed by atoms with Crippen molar-refractivity contribution in [3.05, 3.63) is 12.3 Å². The van der Waals surface area contributed by atoms with E-state index in [1.165, 1.54) is 25.7 Å². The molecule has 0 bridgehead atoms. The normalized spacial score (nSPS) is 25.0. The van der Waals surface area contributed by atoms with Gasteiger partial charge in [-0.1, -0.05) is 12.8 Å². The van der Waals surface area contributed by atoms with Crippen LogP contribution in [0.25, 0.3) is 0 Å². The number of hydrogen-bond acceptors (Lipinski definition) is 6. The fourth-order valence-electron chi connectivity index (χ4n) is 3.23. The summed E-state index contributed by atoms with van der Waals surface area (Å²) in [6.07, 6.45) is 7.38. The van der Waals surface area contributed by atoms with Gasteiger partial charge in [0.25, 0.3) is 0 Å². The van der Waals surface area contributed by atoms with E-state index in [9.17, 15) is 8.42 Å². The third-order valence-electron chi connectivity index (χ3n) is 4.63. The van der Waals surface area contributed by atoms with Crippen LogP contribution in [0, 0.1) is 0 Å². The van der Waals surface area contributed by atoms with Gasteiger partial charge < -0.3 is 9.80 Å². The fourth-order valence-corrected chi connectivity index (χ4v) is 5.00. The number of anilines is 2. The largest absolute Gasteiger partial charge is 0.355 e. The zero-order valence-corrected chi connectivity index (χ0v) is 13.9. The quantitative estimate of drug-likeness (QED) is 0.839. The van der Waals surface area contributed by atoms with Crippen LogP contribution in [0.5, 0.6) is 0 Å². The molecule has 122 valence electrons. The van der Waals surface area contributed by atoms with Gasteiger partial charge in [0.2, 0.25) is 5.95 Å². The summed E-state index contributed by atoms with van der Waals surface area (Å²) in [6.45, 7) is 2.01. The van der Waals surface area contributed by atoms with Gasteiger partial charge in [-0.15, -0.1) is 0 Å². The van der Waals surface area contributed by atoms with Crippen molar-refractivity contribution in [2.45, 2.75) is 38.1 Å². The minimum atomic E-state index is -2.88. The summed E-state index contributed by atoms with van der Waals surface area (Å²) in [6, 6.07) is 1.89. The van der Waals surface area contributed by atoms with Gasteiger partial charge >= 0.3 is 0 Å². The molecule has 1 aromatic heterocycles. The first-order valence-corrected chi connectivity index (χ1v) is 9.88. The van der Waals surface area contributed by atoms with Crippen LogP contribution in [-0.4, -0.2) is 56.1 Å². The number of aromatic nitrogens is 2. The van der Waals surface area contributed by atoms with Crippen molar-refractivity contribution in [2.24, 2.45) is 0 Å². The highest BCUT2D eigenvalue weighted by atomic mass is 32.2. The van der Waals surface area contributed by atoms with Crippen LogP contribution in [-0.2, 0) is 9.84 Å². The van der Waals surface area contributed by atoms with Gasteiger partial charge in [0.15, 0.2) is 9.84 Å². The second-order valence-corrected chi connectivity index (χ2v) is 8.51. The first-order chi connectivity index (χ1) is 10.6. The predicted molar refractivity (Wildman–Crippen MR) is 88.2 cm³/mol. The zero-order chi connectivity index (χ0) is 15.6. The second-order valence-electron chi connectivity index (χ2n) is 6.28. The van der Waals surface area contributed by atoms with E-state index in [1.54, 1.807) is 6.20 Å². The average Bonchev–Trinajstić information content (AvgIpc) is 2.73. The van der Waals surface area contributed by atoms with Gasteiger partial charge in [-0.3, -0.25) is 0 Å². The van der Waals surface area contributed by atoms with Crippen molar-refractivity contribution in [1.82, 2.24) is 9.97 Å². The maximum absolute atomic E-state index is 11.7. The number of sulfone groups is 1. The first-order valence-electron chi connectivity index (χ1n) is 8.06. The van der Waals surface area contributed by atoms with E-state index in [2.05, 4.69) is 14.9 Å². The summed E-state index contributed by atoms with van der Waals surface area (Å²) in [7, 11) is -0.949. The summed E-state index contributed by atoms with van der Waals surface area (Å²) in [5.74, 6) is 2.10. The van der Waals surface area contributed by atoms with Crippen molar-refractivity contribution >= 4 is 21.6 Å². The topological polar surface area (TPSA) is 66.4 Å². The molecule has 0 aromatic carbocycles. The van der Waals surface area contributed by atoms with Crippen LogP contribution in [0.1, 0.15) is 32.1 Å². The lowest BCUT2D eigenvalue weighted by atomic mass is 10.2. The molecule has 6 nitrogen and oxygen atoms in total. The summed E-state index contributed by atoms with van der Waals surface area (Å²) in [5.41, 5.74) is 0. The third-order valence-corrected chi connectivity index (χ3v) is 6.38. The monoisotopic (exact) mass is 324 g/mol. The van der Waals surface area contributed by atoms with Gasteiger partial charge in [0.1, 0.15) is 5.82 Å². The molecule has 3 heterocycles. The molecule has 2 saturated heterocycles. The summed E-state index contributed by atoms with van der Waals surface area (Å²) in [5, 5.41) is 0. The molecule has 1 unspecified atom stereocenters. The highest BCUT2D eigenvalue weighted by Gasteiger charge is 2.31. The van der Waals surface area contributed by atoms with Crippen molar-refractivity contribution in [2.75, 3.05) is 41.4 Å². The summed E-state index contributed by atoms with van der Waals surface area (Å²) < 4.78 is 23.3. The maximum Gasteiger partial charge on any atom is 0.227 e. The highest BCUT2D eigenvalue weighted by molar-refractivity contribution is 7.91. The molecule has 0 spiro atoms. The average molecular weight is 324 g/mol. The molecule has 2 aliphatic rings. The Bertz CT molecular complexity index is 612. The Morgan fingerprint density at radius 3 is 2.59 bits per heavy atom. The molecule has 2 aliphatic heterocycles. The van der Waals surface area contributed by atoms with E-state index in [-0.39, 0.29) is 17.5 Å². The number of rotatable bonds is 3. The highest BCUT2D eigenvalue weighted by Crippen LogP contribution is 2.23. The van der Waals surface area contributed by atoms with Crippen LogP contribution in [0.15, 0.2) is 12.3 Å². The van der Waals surface area contributed by atoms with Crippen LogP contribution < -0.4 is 9.80 Å². The molecule has 7 heteroatoms. The van der Waals surface area contributed by atoms with Crippen molar-refractivity contribution in [3.63, 3.8) is 0 Å². The fraction of sp³-hybridized carbons (Fsp3) is 0.733. The molecular weight excluding hydrogens is 300 g/mol. The SMILES string of the molecule is CN(c1ccnc(N2CCCCCC2)n1)C1CCS(=O)(=O)C1. The summed E-state index contributed by atoms with van der Waals surface area (Å²) >= 11 is 0.